The molecule has 0 saturated heterocycles. The van der Waals surface area contributed by atoms with Crippen molar-refractivity contribution in [2.45, 2.75) is 19.3 Å². The topological polar surface area (TPSA) is 70.9 Å². The second-order valence-electron chi connectivity index (χ2n) is 4.05. The normalized spacial score (nSPS) is 17.2. The minimum atomic E-state index is 0.0684. The minimum Gasteiger partial charge on any atom is -0.396 e. The number of anilines is 1. The van der Waals surface area contributed by atoms with Gasteiger partial charge in [-0.2, -0.15) is 4.98 Å². The van der Waals surface area contributed by atoms with E-state index in [1.807, 2.05) is 0 Å². The number of hydrogen-bond donors (Lipinski definition) is 2. The van der Waals surface area contributed by atoms with Crippen LogP contribution >= 0.6 is 23.2 Å². The van der Waals surface area contributed by atoms with E-state index in [0.29, 0.717) is 5.82 Å². The summed E-state index contributed by atoms with van der Waals surface area (Å²) in [5, 5.41) is 19.5. The molecule has 1 saturated carbocycles. The Kier molecular flexibility index (Phi) is 3.47. The number of halogens is 2. The molecule has 0 aliphatic heterocycles. The van der Waals surface area contributed by atoms with E-state index in [-0.39, 0.29) is 22.5 Å². The minimum absolute atomic E-state index is 0.0684. The fraction of sp³-hybridized carbons (Fsp3) is 0.667. The lowest BCUT2D eigenvalue weighted by Crippen LogP contribution is -2.18. The Balaban J connectivity index is 1.97. The van der Waals surface area contributed by atoms with E-state index in [4.69, 9.17) is 28.3 Å². The molecule has 1 heterocycles. The second kappa shape index (κ2) is 4.69. The lowest BCUT2D eigenvalue weighted by molar-refractivity contribution is 0.253. The Morgan fingerprint density at radius 1 is 1.31 bits per heavy atom. The number of aliphatic hydroxyl groups is 1. The lowest BCUT2D eigenvalue weighted by Gasteiger charge is -2.14. The number of rotatable bonds is 5. The van der Waals surface area contributed by atoms with Crippen molar-refractivity contribution < 1.29 is 5.11 Å². The molecule has 0 spiro atoms. The average Bonchev–Trinajstić information content (AvgIpc) is 3.01. The van der Waals surface area contributed by atoms with Crippen LogP contribution in [0.15, 0.2) is 0 Å². The maximum atomic E-state index is 8.92. The van der Waals surface area contributed by atoms with Crippen LogP contribution < -0.4 is 5.32 Å². The van der Waals surface area contributed by atoms with Gasteiger partial charge in [0, 0.05) is 13.2 Å². The van der Waals surface area contributed by atoms with E-state index >= 15 is 0 Å². The summed E-state index contributed by atoms with van der Waals surface area (Å²) in [4.78, 5) is 3.95. The molecule has 1 aromatic rings. The van der Waals surface area contributed by atoms with Crippen molar-refractivity contribution in [3.8, 4) is 0 Å². The van der Waals surface area contributed by atoms with Gasteiger partial charge in [0.05, 0.1) is 0 Å². The standard InChI is InChI=1S/C9H12Cl2N4O/c10-6-7(13-8(11)15-14-6)12-5-9(1-2-9)3-4-16/h16H,1-5H2,(H,12,13,15). The first-order valence-electron chi connectivity index (χ1n) is 5.06. The zero-order valence-corrected chi connectivity index (χ0v) is 10.1. The summed E-state index contributed by atoms with van der Waals surface area (Å²) in [7, 11) is 0. The van der Waals surface area contributed by atoms with Crippen molar-refractivity contribution >= 4 is 29.0 Å². The summed E-state index contributed by atoms with van der Waals surface area (Å²) >= 11 is 11.4. The number of hydrogen-bond acceptors (Lipinski definition) is 5. The van der Waals surface area contributed by atoms with Crippen LogP contribution in [0.25, 0.3) is 0 Å². The first kappa shape index (κ1) is 11.8. The Morgan fingerprint density at radius 3 is 2.69 bits per heavy atom. The Labute approximate surface area is 103 Å². The van der Waals surface area contributed by atoms with E-state index < -0.39 is 0 Å². The molecule has 5 nitrogen and oxygen atoms in total. The molecule has 1 fully saturated rings. The number of nitrogens with one attached hydrogen (secondary N) is 1. The zero-order chi connectivity index (χ0) is 11.6. The molecule has 16 heavy (non-hydrogen) atoms. The van der Waals surface area contributed by atoms with Gasteiger partial charge in [-0.05, 0) is 36.3 Å². The largest absolute Gasteiger partial charge is 0.396 e. The van der Waals surface area contributed by atoms with Gasteiger partial charge in [-0.1, -0.05) is 11.6 Å². The predicted molar refractivity (Wildman–Crippen MR) is 61.7 cm³/mol. The summed E-state index contributed by atoms with van der Waals surface area (Å²) in [6.45, 7) is 0.931. The third-order valence-corrected chi connectivity index (χ3v) is 3.26. The Bertz CT molecular complexity index is 384. The van der Waals surface area contributed by atoms with Crippen molar-refractivity contribution in [1.29, 1.82) is 0 Å². The molecule has 7 heteroatoms. The van der Waals surface area contributed by atoms with Gasteiger partial charge in [0.25, 0.3) is 0 Å². The molecule has 2 N–H and O–H groups in total. The van der Waals surface area contributed by atoms with Crippen molar-refractivity contribution in [2.75, 3.05) is 18.5 Å². The maximum Gasteiger partial charge on any atom is 0.245 e. The lowest BCUT2D eigenvalue weighted by atomic mass is 10.0. The van der Waals surface area contributed by atoms with Crippen LogP contribution in [-0.4, -0.2) is 33.4 Å². The monoisotopic (exact) mass is 262 g/mol. The highest BCUT2D eigenvalue weighted by Crippen LogP contribution is 2.48. The van der Waals surface area contributed by atoms with Gasteiger partial charge in [-0.15, -0.1) is 10.2 Å². The van der Waals surface area contributed by atoms with E-state index in [0.717, 1.165) is 25.8 Å². The van der Waals surface area contributed by atoms with Crippen LogP contribution in [0.2, 0.25) is 10.4 Å². The van der Waals surface area contributed by atoms with Crippen LogP contribution in [0.3, 0.4) is 0 Å². The molecule has 0 amide bonds. The van der Waals surface area contributed by atoms with Gasteiger partial charge in [-0.25, -0.2) is 0 Å². The van der Waals surface area contributed by atoms with Crippen LogP contribution in [0, 0.1) is 5.41 Å². The number of aliphatic hydroxyl groups excluding tert-OH is 1. The molecular weight excluding hydrogens is 251 g/mol. The molecule has 1 aliphatic carbocycles. The predicted octanol–water partition coefficient (Wildman–Crippen LogP) is 1.75. The summed E-state index contributed by atoms with van der Waals surface area (Å²) in [5.74, 6) is 0.450. The highest BCUT2D eigenvalue weighted by atomic mass is 35.5. The van der Waals surface area contributed by atoms with Crippen molar-refractivity contribution in [2.24, 2.45) is 5.41 Å². The van der Waals surface area contributed by atoms with Gasteiger partial charge in [0.2, 0.25) is 5.28 Å². The van der Waals surface area contributed by atoms with E-state index in [1.165, 1.54) is 0 Å². The summed E-state index contributed by atoms with van der Waals surface area (Å²) in [5.41, 5.74) is 0.190. The molecule has 1 aromatic heterocycles. The van der Waals surface area contributed by atoms with E-state index in [1.54, 1.807) is 0 Å². The first-order valence-corrected chi connectivity index (χ1v) is 5.81. The smallest absolute Gasteiger partial charge is 0.245 e. The van der Waals surface area contributed by atoms with Crippen LogP contribution in [-0.2, 0) is 0 Å². The molecule has 0 unspecified atom stereocenters. The average molecular weight is 263 g/mol. The highest BCUT2D eigenvalue weighted by Gasteiger charge is 2.41. The van der Waals surface area contributed by atoms with Gasteiger partial charge >= 0.3 is 0 Å². The van der Waals surface area contributed by atoms with Crippen LogP contribution in [0.4, 0.5) is 5.82 Å². The maximum absolute atomic E-state index is 8.92. The molecule has 0 atom stereocenters. The van der Waals surface area contributed by atoms with Crippen LogP contribution in [0.5, 0.6) is 0 Å². The van der Waals surface area contributed by atoms with E-state index in [9.17, 15) is 0 Å². The second-order valence-corrected chi connectivity index (χ2v) is 4.74. The molecule has 0 radical (unpaired) electrons. The quantitative estimate of drug-likeness (QED) is 0.846. The molecule has 1 aliphatic rings. The summed E-state index contributed by atoms with van der Waals surface area (Å²) in [6.07, 6.45) is 3.03. The van der Waals surface area contributed by atoms with Gasteiger partial charge in [0.15, 0.2) is 11.0 Å². The zero-order valence-electron chi connectivity index (χ0n) is 8.58. The van der Waals surface area contributed by atoms with Gasteiger partial charge < -0.3 is 10.4 Å². The molecule has 0 aromatic carbocycles. The fourth-order valence-corrected chi connectivity index (χ4v) is 1.88. The van der Waals surface area contributed by atoms with Crippen molar-refractivity contribution in [3.05, 3.63) is 10.4 Å². The summed E-state index contributed by atoms with van der Waals surface area (Å²) < 4.78 is 0. The van der Waals surface area contributed by atoms with Crippen molar-refractivity contribution in [1.82, 2.24) is 15.2 Å². The summed E-state index contributed by atoms with van der Waals surface area (Å²) in [6, 6.07) is 0. The molecular formula is C9H12Cl2N4O. The first-order chi connectivity index (χ1) is 7.65. The fourth-order valence-electron chi connectivity index (χ4n) is 1.61. The molecule has 2 rings (SSSR count). The van der Waals surface area contributed by atoms with E-state index in [2.05, 4.69) is 20.5 Å². The third-order valence-electron chi connectivity index (χ3n) is 2.85. The van der Waals surface area contributed by atoms with Crippen LogP contribution in [0.1, 0.15) is 19.3 Å². The molecule has 0 bridgehead atoms. The Hall–Kier alpha value is -0.650. The highest BCUT2D eigenvalue weighted by molar-refractivity contribution is 6.32. The number of aromatic nitrogens is 3. The number of nitrogens with zero attached hydrogens (tertiary/aromatic N) is 3. The molecule has 88 valence electrons. The third kappa shape index (κ3) is 2.72. The van der Waals surface area contributed by atoms with Crippen molar-refractivity contribution in [3.63, 3.8) is 0 Å². The van der Waals surface area contributed by atoms with Gasteiger partial charge in [0.1, 0.15) is 0 Å². The SMILES string of the molecule is OCCC1(CNc2nc(Cl)nnc2Cl)CC1. The van der Waals surface area contributed by atoms with Gasteiger partial charge in [-0.3, -0.25) is 0 Å². The Morgan fingerprint density at radius 2 is 2.06 bits per heavy atom.